The van der Waals surface area contributed by atoms with Gasteiger partial charge in [0.1, 0.15) is 0 Å². The molecular weight excluding hydrogens is 282 g/mol. The molecule has 0 unspecified atom stereocenters. The van der Waals surface area contributed by atoms with Crippen molar-refractivity contribution in [1.82, 2.24) is 4.98 Å². The number of H-pyrrole nitrogens is 1. The van der Waals surface area contributed by atoms with E-state index in [0.717, 1.165) is 19.5 Å². The third-order valence-corrected chi connectivity index (χ3v) is 4.82. The van der Waals surface area contributed by atoms with Crippen molar-refractivity contribution in [3.8, 4) is 0 Å². The number of nitrogens with two attached hydrogens (primary N) is 1. The minimum Gasteiger partial charge on any atom is -0.370 e. The van der Waals surface area contributed by atoms with Crippen LogP contribution in [-0.2, 0) is 12.8 Å². The summed E-state index contributed by atoms with van der Waals surface area (Å²) < 4.78 is 0. The summed E-state index contributed by atoms with van der Waals surface area (Å²) in [7, 11) is 0. The standard InChI is InChI=1S/C20H23N3/c21-17(12-16-13-22-19-9-3-2-8-18(16)19)14-23-11-5-7-15-6-1-4-10-20(15)23/h1-4,6,8-10,13,17,22H,5,7,11-12,14,21H2/t17-/m0/s1. The molecule has 118 valence electrons. The Hall–Kier alpha value is -2.26. The zero-order chi connectivity index (χ0) is 15.6. The molecule has 3 nitrogen and oxygen atoms in total. The summed E-state index contributed by atoms with van der Waals surface area (Å²) in [5, 5.41) is 1.29. The largest absolute Gasteiger partial charge is 0.370 e. The summed E-state index contributed by atoms with van der Waals surface area (Å²) in [5.74, 6) is 0. The number of aromatic nitrogens is 1. The quantitative estimate of drug-likeness (QED) is 0.775. The number of para-hydroxylation sites is 2. The van der Waals surface area contributed by atoms with Crippen molar-refractivity contribution in [3.05, 3.63) is 65.9 Å². The zero-order valence-corrected chi connectivity index (χ0v) is 13.3. The Morgan fingerprint density at radius 1 is 1.09 bits per heavy atom. The first-order chi connectivity index (χ1) is 11.3. The zero-order valence-electron chi connectivity index (χ0n) is 13.3. The van der Waals surface area contributed by atoms with Gasteiger partial charge in [-0.25, -0.2) is 0 Å². The van der Waals surface area contributed by atoms with E-state index in [1.807, 2.05) is 0 Å². The van der Waals surface area contributed by atoms with Gasteiger partial charge in [-0.3, -0.25) is 0 Å². The molecule has 2 heterocycles. The topological polar surface area (TPSA) is 45.1 Å². The molecule has 0 aliphatic carbocycles. The van der Waals surface area contributed by atoms with E-state index in [0.29, 0.717) is 0 Å². The van der Waals surface area contributed by atoms with Gasteiger partial charge in [-0.2, -0.15) is 0 Å². The molecule has 0 saturated heterocycles. The van der Waals surface area contributed by atoms with Crippen molar-refractivity contribution in [1.29, 1.82) is 0 Å². The van der Waals surface area contributed by atoms with Crippen LogP contribution in [0.2, 0.25) is 0 Å². The number of nitrogens with zero attached hydrogens (tertiary/aromatic N) is 1. The summed E-state index contributed by atoms with van der Waals surface area (Å²) in [6.45, 7) is 2.02. The van der Waals surface area contributed by atoms with Crippen LogP contribution < -0.4 is 10.6 Å². The van der Waals surface area contributed by atoms with E-state index < -0.39 is 0 Å². The Bertz CT molecular complexity index is 805. The minimum atomic E-state index is 0.139. The average Bonchev–Trinajstić information content (AvgIpc) is 2.98. The second-order valence-corrected chi connectivity index (χ2v) is 6.50. The highest BCUT2D eigenvalue weighted by atomic mass is 15.1. The molecule has 1 aliphatic rings. The second kappa shape index (κ2) is 6.09. The third kappa shape index (κ3) is 2.84. The van der Waals surface area contributed by atoms with Crippen LogP contribution in [-0.4, -0.2) is 24.1 Å². The van der Waals surface area contributed by atoms with Gasteiger partial charge in [0.05, 0.1) is 0 Å². The van der Waals surface area contributed by atoms with E-state index in [2.05, 4.69) is 64.6 Å². The highest BCUT2D eigenvalue weighted by Gasteiger charge is 2.19. The molecule has 0 amide bonds. The Balaban J connectivity index is 1.50. The van der Waals surface area contributed by atoms with Gasteiger partial charge in [-0.1, -0.05) is 36.4 Å². The highest BCUT2D eigenvalue weighted by molar-refractivity contribution is 5.83. The molecular formula is C20H23N3. The lowest BCUT2D eigenvalue weighted by Gasteiger charge is -2.33. The minimum absolute atomic E-state index is 0.139. The van der Waals surface area contributed by atoms with Crippen LogP contribution in [0.4, 0.5) is 5.69 Å². The fraction of sp³-hybridized carbons (Fsp3) is 0.300. The number of hydrogen-bond acceptors (Lipinski definition) is 2. The number of nitrogens with one attached hydrogen (secondary N) is 1. The van der Waals surface area contributed by atoms with E-state index >= 15 is 0 Å². The van der Waals surface area contributed by atoms with Gasteiger partial charge >= 0.3 is 0 Å². The van der Waals surface area contributed by atoms with E-state index in [1.165, 1.54) is 40.6 Å². The van der Waals surface area contributed by atoms with Crippen molar-refractivity contribution in [2.75, 3.05) is 18.0 Å². The maximum Gasteiger partial charge on any atom is 0.0456 e. The number of benzene rings is 2. The first-order valence-electron chi connectivity index (χ1n) is 8.45. The molecule has 3 heteroatoms. The molecule has 4 rings (SSSR count). The first kappa shape index (κ1) is 14.3. The molecule has 1 atom stereocenters. The van der Waals surface area contributed by atoms with Crippen molar-refractivity contribution in [2.24, 2.45) is 5.73 Å². The van der Waals surface area contributed by atoms with Gasteiger partial charge in [0.2, 0.25) is 0 Å². The molecule has 1 aromatic heterocycles. The maximum atomic E-state index is 6.49. The molecule has 1 aliphatic heterocycles. The van der Waals surface area contributed by atoms with Crippen LogP contribution in [0.25, 0.3) is 10.9 Å². The van der Waals surface area contributed by atoms with Gasteiger partial charge in [-0.05, 0) is 42.5 Å². The Morgan fingerprint density at radius 2 is 1.91 bits per heavy atom. The average molecular weight is 305 g/mol. The normalized spacial score (nSPS) is 15.6. The van der Waals surface area contributed by atoms with E-state index in [1.54, 1.807) is 0 Å². The number of aryl methyl sites for hydroxylation is 1. The number of rotatable bonds is 4. The third-order valence-electron chi connectivity index (χ3n) is 4.82. The predicted molar refractivity (Wildman–Crippen MR) is 97.0 cm³/mol. The predicted octanol–water partition coefficient (Wildman–Crippen LogP) is 3.49. The van der Waals surface area contributed by atoms with E-state index in [9.17, 15) is 0 Å². The maximum absolute atomic E-state index is 6.49. The molecule has 0 spiro atoms. The molecule has 23 heavy (non-hydrogen) atoms. The van der Waals surface area contributed by atoms with Gasteiger partial charge in [0.25, 0.3) is 0 Å². The smallest absolute Gasteiger partial charge is 0.0456 e. The fourth-order valence-corrected chi connectivity index (χ4v) is 3.73. The van der Waals surface area contributed by atoms with Crippen LogP contribution in [0.15, 0.2) is 54.7 Å². The van der Waals surface area contributed by atoms with Crippen LogP contribution in [0, 0.1) is 0 Å². The first-order valence-corrected chi connectivity index (χ1v) is 8.45. The Kier molecular flexibility index (Phi) is 3.80. The summed E-state index contributed by atoms with van der Waals surface area (Å²) in [6, 6.07) is 17.3. The van der Waals surface area contributed by atoms with Gasteiger partial charge < -0.3 is 15.6 Å². The second-order valence-electron chi connectivity index (χ2n) is 6.50. The van der Waals surface area contributed by atoms with Gasteiger partial charge in [0, 0.05) is 41.9 Å². The summed E-state index contributed by atoms with van der Waals surface area (Å²) in [5.41, 5.74) is 11.8. The highest BCUT2D eigenvalue weighted by Crippen LogP contribution is 2.27. The van der Waals surface area contributed by atoms with Crippen LogP contribution in [0.5, 0.6) is 0 Å². The molecule has 2 aromatic carbocycles. The molecule has 0 bridgehead atoms. The van der Waals surface area contributed by atoms with Crippen LogP contribution in [0.3, 0.4) is 0 Å². The number of fused-ring (bicyclic) bond motifs is 2. The van der Waals surface area contributed by atoms with Gasteiger partial charge in [-0.15, -0.1) is 0 Å². The molecule has 0 saturated carbocycles. The summed E-state index contributed by atoms with van der Waals surface area (Å²) >= 11 is 0. The Labute approximate surface area is 137 Å². The molecule has 3 aromatic rings. The van der Waals surface area contributed by atoms with Crippen molar-refractivity contribution in [3.63, 3.8) is 0 Å². The summed E-state index contributed by atoms with van der Waals surface area (Å²) in [4.78, 5) is 5.80. The Morgan fingerprint density at radius 3 is 2.87 bits per heavy atom. The fourth-order valence-electron chi connectivity index (χ4n) is 3.73. The lowest BCUT2D eigenvalue weighted by Crippen LogP contribution is -2.41. The van der Waals surface area contributed by atoms with Crippen molar-refractivity contribution < 1.29 is 0 Å². The lowest BCUT2D eigenvalue weighted by atomic mass is 10.00. The van der Waals surface area contributed by atoms with E-state index in [-0.39, 0.29) is 6.04 Å². The van der Waals surface area contributed by atoms with Crippen LogP contribution >= 0.6 is 0 Å². The van der Waals surface area contributed by atoms with E-state index in [4.69, 9.17) is 5.73 Å². The molecule has 0 radical (unpaired) electrons. The van der Waals surface area contributed by atoms with Crippen molar-refractivity contribution in [2.45, 2.75) is 25.3 Å². The number of hydrogen-bond donors (Lipinski definition) is 2. The van der Waals surface area contributed by atoms with Crippen LogP contribution in [0.1, 0.15) is 17.5 Å². The monoisotopic (exact) mass is 305 g/mol. The number of aromatic amines is 1. The van der Waals surface area contributed by atoms with Gasteiger partial charge in [0.15, 0.2) is 0 Å². The summed E-state index contributed by atoms with van der Waals surface area (Å²) in [6.07, 6.45) is 5.42. The SMILES string of the molecule is N[C@@H](Cc1c[nH]c2ccccc12)CN1CCCc2ccccc21. The number of anilines is 1. The molecule has 3 N–H and O–H groups in total. The van der Waals surface area contributed by atoms with Crippen molar-refractivity contribution >= 4 is 16.6 Å². The lowest BCUT2D eigenvalue weighted by molar-refractivity contribution is 0.602. The molecule has 0 fully saturated rings.